The van der Waals surface area contributed by atoms with E-state index in [2.05, 4.69) is 0 Å². The van der Waals surface area contributed by atoms with E-state index in [1.165, 1.54) is 0 Å². The molecular weight excluding hydrogens is 418 g/mol. The predicted octanol–water partition coefficient (Wildman–Crippen LogP) is -0.478. The van der Waals surface area contributed by atoms with Gasteiger partial charge >= 0.3 is 137 Å². The summed E-state index contributed by atoms with van der Waals surface area (Å²) in [5.74, 6) is -2.11. The van der Waals surface area contributed by atoms with Crippen molar-refractivity contribution < 1.29 is 19.8 Å². The SMILES string of the molecule is Nc1ccc([Se][Se]c2ccc(N)c(C(=O)O)c2)cc1C(=O)O. The van der Waals surface area contributed by atoms with Gasteiger partial charge in [0.15, 0.2) is 0 Å². The normalized spacial score (nSPS) is 10.4. The Morgan fingerprint density at radius 2 is 1.14 bits per heavy atom. The van der Waals surface area contributed by atoms with E-state index in [1.807, 2.05) is 0 Å². The summed E-state index contributed by atoms with van der Waals surface area (Å²) in [6.45, 7) is 0. The Labute approximate surface area is 137 Å². The molecule has 8 heteroatoms. The van der Waals surface area contributed by atoms with E-state index in [0.29, 0.717) is 0 Å². The molecule has 0 radical (unpaired) electrons. The molecule has 0 aliphatic rings. The molecule has 6 nitrogen and oxygen atoms in total. The van der Waals surface area contributed by atoms with Crippen LogP contribution in [0.3, 0.4) is 0 Å². The van der Waals surface area contributed by atoms with Crippen LogP contribution in [0.25, 0.3) is 0 Å². The van der Waals surface area contributed by atoms with Crippen LogP contribution in [-0.4, -0.2) is 48.4 Å². The van der Waals surface area contributed by atoms with E-state index >= 15 is 0 Å². The molecule has 0 bridgehead atoms. The molecule has 0 saturated heterocycles. The van der Waals surface area contributed by atoms with Gasteiger partial charge in [-0.25, -0.2) is 0 Å². The number of nitrogens with two attached hydrogens (primary N) is 2. The van der Waals surface area contributed by atoms with Crippen LogP contribution in [0, 0.1) is 0 Å². The molecule has 6 N–H and O–H groups in total. The summed E-state index contributed by atoms with van der Waals surface area (Å²) < 4.78 is 1.82. The topological polar surface area (TPSA) is 127 Å². The summed E-state index contributed by atoms with van der Waals surface area (Å²) in [7, 11) is 0. The fraction of sp³-hybridized carbons (Fsp3) is 0. The number of carboxylic acids is 2. The standard InChI is InChI=1S/C14H12N2O4Se2/c15-11-3-1-7(5-9(11)13(17)18)21-22-8-2-4-12(16)10(6-8)14(19)20/h1-6H,15-16H2,(H,17,18)(H,19,20). The van der Waals surface area contributed by atoms with E-state index < -0.39 is 11.9 Å². The molecule has 2 aromatic carbocycles. The maximum absolute atomic E-state index is 11.1. The summed E-state index contributed by atoms with van der Waals surface area (Å²) in [6.07, 6.45) is 0. The van der Waals surface area contributed by atoms with Crippen LogP contribution < -0.4 is 20.4 Å². The van der Waals surface area contributed by atoms with Crippen LogP contribution in [0.1, 0.15) is 20.7 Å². The van der Waals surface area contributed by atoms with Gasteiger partial charge in [-0.15, -0.1) is 0 Å². The molecular formula is C14H12N2O4Se2. The van der Waals surface area contributed by atoms with Crippen LogP contribution in [0.5, 0.6) is 0 Å². The van der Waals surface area contributed by atoms with Crippen LogP contribution in [0.4, 0.5) is 11.4 Å². The van der Waals surface area contributed by atoms with Crippen LogP contribution in [0.15, 0.2) is 36.4 Å². The Morgan fingerprint density at radius 1 is 0.773 bits per heavy atom. The number of carboxylic acid groups (broad SMARTS) is 2. The Bertz CT molecular complexity index is 686. The monoisotopic (exact) mass is 432 g/mol. The van der Waals surface area contributed by atoms with Gasteiger partial charge in [0.05, 0.1) is 0 Å². The Morgan fingerprint density at radius 3 is 1.45 bits per heavy atom. The van der Waals surface area contributed by atoms with E-state index in [0.717, 1.165) is 8.92 Å². The van der Waals surface area contributed by atoms with E-state index in [9.17, 15) is 9.59 Å². The summed E-state index contributed by atoms with van der Waals surface area (Å²) in [6, 6.07) is 9.94. The summed E-state index contributed by atoms with van der Waals surface area (Å²) >= 11 is 0.0492. The molecule has 0 saturated carbocycles. The van der Waals surface area contributed by atoms with Crippen LogP contribution in [-0.2, 0) is 0 Å². The van der Waals surface area contributed by atoms with Crippen molar-refractivity contribution in [2.24, 2.45) is 0 Å². The molecule has 22 heavy (non-hydrogen) atoms. The fourth-order valence-electron chi connectivity index (χ4n) is 1.64. The molecule has 0 amide bonds. The first-order valence-electron chi connectivity index (χ1n) is 5.98. The Hall–Kier alpha value is -1.98. The second kappa shape index (κ2) is 6.85. The van der Waals surface area contributed by atoms with E-state index in [-0.39, 0.29) is 48.8 Å². The minimum atomic E-state index is -1.05. The van der Waals surface area contributed by atoms with Crippen LogP contribution >= 0.6 is 0 Å². The van der Waals surface area contributed by atoms with Crippen molar-refractivity contribution in [3.8, 4) is 0 Å². The number of benzene rings is 2. The molecule has 0 unspecified atom stereocenters. The molecule has 0 fully saturated rings. The number of nitrogen functional groups attached to an aromatic ring is 2. The van der Waals surface area contributed by atoms with Crippen molar-refractivity contribution in [2.75, 3.05) is 11.5 Å². The average molecular weight is 430 g/mol. The Kier molecular flexibility index (Phi) is 5.11. The molecule has 0 aliphatic carbocycles. The van der Waals surface area contributed by atoms with Crippen molar-refractivity contribution in [3.05, 3.63) is 47.5 Å². The van der Waals surface area contributed by atoms with Gasteiger partial charge in [-0.1, -0.05) is 0 Å². The van der Waals surface area contributed by atoms with Crippen LogP contribution in [0.2, 0.25) is 0 Å². The van der Waals surface area contributed by atoms with Gasteiger partial charge < -0.3 is 0 Å². The summed E-state index contributed by atoms with van der Waals surface area (Å²) in [5.41, 5.74) is 11.9. The van der Waals surface area contributed by atoms with Crippen molar-refractivity contribution in [1.82, 2.24) is 0 Å². The third-order valence-electron chi connectivity index (χ3n) is 2.74. The van der Waals surface area contributed by atoms with Gasteiger partial charge in [-0.05, 0) is 0 Å². The maximum atomic E-state index is 11.1. The van der Waals surface area contributed by atoms with Crippen molar-refractivity contribution in [1.29, 1.82) is 0 Å². The molecule has 2 aromatic rings. The molecule has 0 atom stereocenters. The van der Waals surface area contributed by atoms with Gasteiger partial charge in [0.2, 0.25) is 0 Å². The summed E-state index contributed by atoms with van der Waals surface area (Å²) in [4.78, 5) is 22.1. The minimum absolute atomic E-state index is 0.0246. The number of anilines is 2. The van der Waals surface area contributed by atoms with E-state index in [4.69, 9.17) is 21.7 Å². The zero-order chi connectivity index (χ0) is 16.3. The molecule has 0 aliphatic heterocycles. The average Bonchev–Trinajstić information content (AvgIpc) is 2.47. The number of aromatic carboxylic acids is 2. The number of carbonyl (C=O) groups is 2. The van der Waals surface area contributed by atoms with Crippen molar-refractivity contribution in [2.45, 2.75) is 0 Å². The fourth-order valence-corrected chi connectivity index (χ4v) is 7.62. The van der Waals surface area contributed by atoms with Gasteiger partial charge in [-0.3, -0.25) is 0 Å². The third-order valence-corrected chi connectivity index (χ3v) is 9.90. The van der Waals surface area contributed by atoms with Crippen molar-refractivity contribution >= 4 is 58.5 Å². The number of hydrogen-bond donors (Lipinski definition) is 4. The van der Waals surface area contributed by atoms with Gasteiger partial charge in [-0.2, -0.15) is 0 Å². The number of rotatable bonds is 5. The first kappa shape index (κ1) is 16.4. The van der Waals surface area contributed by atoms with E-state index in [1.54, 1.807) is 36.4 Å². The zero-order valence-electron chi connectivity index (χ0n) is 11.1. The molecule has 0 heterocycles. The Balaban J connectivity index is 2.17. The van der Waals surface area contributed by atoms with Gasteiger partial charge in [0, 0.05) is 0 Å². The number of hydrogen-bond acceptors (Lipinski definition) is 4. The van der Waals surface area contributed by atoms with Crippen molar-refractivity contribution in [3.63, 3.8) is 0 Å². The predicted molar refractivity (Wildman–Crippen MR) is 86.4 cm³/mol. The quantitative estimate of drug-likeness (QED) is 0.375. The van der Waals surface area contributed by atoms with Gasteiger partial charge in [0.1, 0.15) is 0 Å². The van der Waals surface area contributed by atoms with Gasteiger partial charge in [0.25, 0.3) is 0 Å². The molecule has 0 spiro atoms. The molecule has 114 valence electrons. The summed E-state index contributed by atoms with van der Waals surface area (Å²) in [5, 5.41) is 18.1. The third kappa shape index (κ3) is 3.81. The first-order chi connectivity index (χ1) is 10.4. The zero-order valence-corrected chi connectivity index (χ0v) is 14.6. The second-order valence-electron chi connectivity index (χ2n) is 4.28. The molecule has 0 aromatic heterocycles. The second-order valence-corrected chi connectivity index (χ2v) is 10.6. The molecule has 2 rings (SSSR count). The first-order valence-corrected chi connectivity index (χ1v) is 12.0.